The average Bonchev–Trinajstić information content (AvgIpc) is 2.93. The van der Waals surface area contributed by atoms with E-state index in [0.29, 0.717) is 11.6 Å². The van der Waals surface area contributed by atoms with Gasteiger partial charge >= 0.3 is 0 Å². The first-order valence-corrected chi connectivity index (χ1v) is 8.10. The lowest BCUT2D eigenvalue weighted by Gasteiger charge is -2.10. The number of fused-ring (bicyclic) bond motifs is 1. The second-order valence-corrected chi connectivity index (χ2v) is 5.77. The molecule has 0 saturated carbocycles. The Kier molecular flexibility index (Phi) is 4.10. The molecule has 0 spiro atoms. The van der Waals surface area contributed by atoms with Gasteiger partial charge in [0.2, 0.25) is 0 Å². The Morgan fingerprint density at radius 1 is 1.19 bits per heavy atom. The van der Waals surface area contributed by atoms with E-state index in [2.05, 4.69) is 51.7 Å². The van der Waals surface area contributed by atoms with Crippen molar-refractivity contribution in [1.29, 1.82) is 0 Å². The van der Waals surface area contributed by atoms with Crippen molar-refractivity contribution >= 4 is 39.4 Å². The van der Waals surface area contributed by atoms with Gasteiger partial charge in [0.25, 0.3) is 0 Å². The quantitative estimate of drug-likeness (QED) is 0.664. The molecule has 21 heavy (non-hydrogen) atoms. The molecule has 3 rings (SSSR count). The van der Waals surface area contributed by atoms with E-state index in [1.54, 1.807) is 0 Å². The lowest BCUT2D eigenvalue weighted by atomic mass is 10.2. The van der Waals surface area contributed by atoms with Crippen LogP contribution in [0.4, 0.5) is 5.82 Å². The van der Waals surface area contributed by atoms with E-state index in [1.807, 2.05) is 30.3 Å². The smallest absolute Gasteiger partial charge is 0.197 e. The fourth-order valence-corrected chi connectivity index (χ4v) is 3.03. The van der Waals surface area contributed by atoms with Crippen molar-refractivity contribution in [2.24, 2.45) is 0 Å². The Hall–Kier alpha value is -1.63. The first-order chi connectivity index (χ1) is 10.2. The standard InChI is InChI=1S/C16H16IN3O/c1-3-11-14(17)16(18-4-2)20-15(19-11)13-9-10-7-5-6-8-12(10)21-13/h5-9H,3-4H2,1-2H3,(H,18,19,20). The van der Waals surface area contributed by atoms with Crippen molar-refractivity contribution in [3.05, 3.63) is 39.6 Å². The predicted molar refractivity (Wildman–Crippen MR) is 93.5 cm³/mol. The summed E-state index contributed by atoms with van der Waals surface area (Å²) in [5.41, 5.74) is 1.90. The van der Waals surface area contributed by atoms with Gasteiger partial charge < -0.3 is 9.73 Å². The van der Waals surface area contributed by atoms with Gasteiger partial charge in [0, 0.05) is 11.9 Å². The Bertz CT molecular complexity index is 749. The van der Waals surface area contributed by atoms with Crippen molar-refractivity contribution in [2.75, 3.05) is 11.9 Å². The monoisotopic (exact) mass is 393 g/mol. The molecular formula is C16H16IN3O. The Morgan fingerprint density at radius 2 is 2.00 bits per heavy atom. The van der Waals surface area contributed by atoms with Crippen LogP contribution >= 0.6 is 22.6 Å². The van der Waals surface area contributed by atoms with Crippen LogP contribution < -0.4 is 5.32 Å². The zero-order valence-electron chi connectivity index (χ0n) is 12.0. The summed E-state index contributed by atoms with van der Waals surface area (Å²) in [4.78, 5) is 9.26. The third-order valence-electron chi connectivity index (χ3n) is 3.24. The largest absolute Gasteiger partial charge is 0.453 e. The number of benzene rings is 1. The summed E-state index contributed by atoms with van der Waals surface area (Å²) in [7, 11) is 0. The van der Waals surface area contributed by atoms with Crippen LogP contribution in [0.15, 0.2) is 34.7 Å². The number of hydrogen-bond donors (Lipinski definition) is 1. The maximum atomic E-state index is 5.87. The van der Waals surface area contributed by atoms with E-state index in [-0.39, 0.29) is 0 Å². The van der Waals surface area contributed by atoms with Gasteiger partial charge in [-0.05, 0) is 48.1 Å². The van der Waals surface area contributed by atoms with Crippen LogP contribution in [-0.2, 0) is 6.42 Å². The van der Waals surface area contributed by atoms with Crippen molar-refractivity contribution in [2.45, 2.75) is 20.3 Å². The van der Waals surface area contributed by atoms with Crippen LogP contribution in [0.5, 0.6) is 0 Å². The zero-order chi connectivity index (χ0) is 14.8. The molecule has 2 aromatic heterocycles. The number of rotatable bonds is 4. The van der Waals surface area contributed by atoms with Gasteiger partial charge in [-0.15, -0.1) is 0 Å². The van der Waals surface area contributed by atoms with Crippen LogP contribution in [0, 0.1) is 3.57 Å². The van der Waals surface area contributed by atoms with E-state index in [1.165, 1.54) is 0 Å². The number of hydrogen-bond acceptors (Lipinski definition) is 4. The molecule has 0 amide bonds. The van der Waals surface area contributed by atoms with Gasteiger partial charge in [0.1, 0.15) is 11.4 Å². The number of halogens is 1. The summed E-state index contributed by atoms with van der Waals surface area (Å²) in [5, 5.41) is 4.36. The molecule has 1 N–H and O–H groups in total. The van der Waals surface area contributed by atoms with Crippen LogP contribution in [0.1, 0.15) is 19.5 Å². The van der Waals surface area contributed by atoms with Crippen LogP contribution in [0.2, 0.25) is 0 Å². The van der Waals surface area contributed by atoms with E-state index in [9.17, 15) is 0 Å². The minimum absolute atomic E-state index is 0.638. The van der Waals surface area contributed by atoms with Crippen LogP contribution in [0.3, 0.4) is 0 Å². The molecule has 108 valence electrons. The Morgan fingerprint density at radius 3 is 2.71 bits per heavy atom. The molecular weight excluding hydrogens is 377 g/mol. The molecule has 0 bridgehead atoms. The maximum Gasteiger partial charge on any atom is 0.197 e. The molecule has 0 saturated heterocycles. The minimum Gasteiger partial charge on any atom is -0.453 e. The molecule has 0 aliphatic rings. The number of nitrogens with one attached hydrogen (secondary N) is 1. The van der Waals surface area contributed by atoms with E-state index < -0.39 is 0 Å². The Labute approximate surface area is 137 Å². The van der Waals surface area contributed by atoms with Gasteiger partial charge in [-0.1, -0.05) is 25.1 Å². The van der Waals surface area contributed by atoms with E-state index >= 15 is 0 Å². The van der Waals surface area contributed by atoms with E-state index in [0.717, 1.165) is 39.0 Å². The molecule has 0 aliphatic heterocycles. The summed E-state index contributed by atoms with van der Waals surface area (Å²) in [6, 6.07) is 9.94. The number of aryl methyl sites for hydroxylation is 1. The topological polar surface area (TPSA) is 51.0 Å². The molecule has 0 radical (unpaired) electrons. The molecule has 5 heteroatoms. The number of nitrogens with zero attached hydrogens (tertiary/aromatic N) is 2. The SMILES string of the molecule is CCNc1nc(-c2cc3ccccc3o2)nc(CC)c1I. The lowest BCUT2D eigenvalue weighted by Crippen LogP contribution is -2.07. The highest BCUT2D eigenvalue weighted by Crippen LogP contribution is 2.28. The predicted octanol–water partition coefficient (Wildman–Crippen LogP) is 4.49. The summed E-state index contributed by atoms with van der Waals surface area (Å²) >= 11 is 2.30. The van der Waals surface area contributed by atoms with Crippen molar-refractivity contribution in [1.82, 2.24) is 9.97 Å². The third-order valence-corrected chi connectivity index (χ3v) is 4.38. The summed E-state index contributed by atoms with van der Waals surface area (Å²) in [5.74, 6) is 2.22. The number of para-hydroxylation sites is 1. The Balaban J connectivity index is 2.14. The van der Waals surface area contributed by atoms with Gasteiger partial charge in [0.15, 0.2) is 11.6 Å². The zero-order valence-corrected chi connectivity index (χ0v) is 14.1. The summed E-state index contributed by atoms with van der Waals surface area (Å²) < 4.78 is 6.95. The molecule has 2 heterocycles. The fourth-order valence-electron chi connectivity index (χ4n) is 2.21. The highest BCUT2D eigenvalue weighted by molar-refractivity contribution is 14.1. The summed E-state index contributed by atoms with van der Waals surface area (Å²) in [6.07, 6.45) is 0.867. The second kappa shape index (κ2) is 6.01. The van der Waals surface area contributed by atoms with Gasteiger partial charge in [0.05, 0.1) is 9.26 Å². The number of anilines is 1. The van der Waals surface area contributed by atoms with Gasteiger partial charge in [-0.2, -0.15) is 0 Å². The summed E-state index contributed by atoms with van der Waals surface area (Å²) in [6.45, 7) is 4.99. The third kappa shape index (κ3) is 2.74. The van der Waals surface area contributed by atoms with Crippen LogP contribution in [0.25, 0.3) is 22.6 Å². The van der Waals surface area contributed by atoms with Gasteiger partial charge in [-0.3, -0.25) is 0 Å². The average molecular weight is 393 g/mol. The van der Waals surface area contributed by atoms with Crippen molar-refractivity contribution in [3.63, 3.8) is 0 Å². The van der Waals surface area contributed by atoms with E-state index in [4.69, 9.17) is 4.42 Å². The lowest BCUT2D eigenvalue weighted by molar-refractivity contribution is 0.624. The number of furan rings is 1. The maximum absolute atomic E-state index is 5.87. The highest BCUT2D eigenvalue weighted by atomic mass is 127. The molecule has 0 unspecified atom stereocenters. The highest BCUT2D eigenvalue weighted by Gasteiger charge is 2.15. The normalized spacial score (nSPS) is 11.0. The molecule has 0 fully saturated rings. The first-order valence-electron chi connectivity index (χ1n) is 7.02. The minimum atomic E-state index is 0.638. The first kappa shape index (κ1) is 14.3. The molecule has 0 aliphatic carbocycles. The fraction of sp³-hybridized carbons (Fsp3) is 0.250. The molecule has 1 aromatic carbocycles. The molecule has 0 atom stereocenters. The van der Waals surface area contributed by atoms with Crippen molar-refractivity contribution < 1.29 is 4.42 Å². The van der Waals surface area contributed by atoms with Gasteiger partial charge in [-0.25, -0.2) is 9.97 Å². The molecule has 3 aromatic rings. The molecule has 4 nitrogen and oxygen atoms in total. The second-order valence-electron chi connectivity index (χ2n) is 4.69. The number of aromatic nitrogens is 2. The van der Waals surface area contributed by atoms with Crippen LogP contribution in [-0.4, -0.2) is 16.5 Å². The van der Waals surface area contributed by atoms with Crippen molar-refractivity contribution in [3.8, 4) is 11.6 Å².